The summed E-state index contributed by atoms with van der Waals surface area (Å²) in [7, 11) is 0. The highest BCUT2D eigenvalue weighted by atomic mass is 32.1. The average molecular weight is 348 g/mol. The van der Waals surface area contributed by atoms with Crippen molar-refractivity contribution in [2.75, 3.05) is 0 Å². The van der Waals surface area contributed by atoms with Crippen molar-refractivity contribution in [3.63, 3.8) is 0 Å². The molecule has 0 spiro atoms. The van der Waals surface area contributed by atoms with E-state index >= 15 is 0 Å². The number of hydrogen-bond acceptors (Lipinski definition) is 3. The van der Waals surface area contributed by atoms with Crippen molar-refractivity contribution >= 4 is 17.2 Å². The Morgan fingerprint density at radius 2 is 1.75 bits per heavy atom. The Morgan fingerprint density at radius 1 is 1.04 bits per heavy atom. The zero-order valence-electron chi connectivity index (χ0n) is 12.2. The Morgan fingerprint density at radius 3 is 2.38 bits per heavy atom. The number of nitrogens with two attached hydrogens (primary N) is 1. The molecule has 2 aromatic carbocycles. The van der Waals surface area contributed by atoms with Crippen molar-refractivity contribution in [3.05, 3.63) is 65.2 Å². The first-order chi connectivity index (χ1) is 11.4. The number of amides is 1. The molecule has 0 aliphatic heterocycles. The summed E-state index contributed by atoms with van der Waals surface area (Å²) in [5.74, 6) is -0.791. The van der Waals surface area contributed by atoms with Crippen LogP contribution in [0.1, 0.15) is 15.9 Å². The molecule has 1 amide bonds. The van der Waals surface area contributed by atoms with Crippen LogP contribution in [-0.4, -0.2) is 10.9 Å². The van der Waals surface area contributed by atoms with Gasteiger partial charge < -0.3 is 5.73 Å². The summed E-state index contributed by atoms with van der Waals surface area (Å²) in [6.45, 7) is 0. The van der Waals surface area contributed by atoms with Crippen LogP contribution in [0.5, 0.6) is 0 Å². The normalized spacial score (nSPS) is 11.5. The quantitative estimate of drug-likeness (QED) is 0.752. The summed E-state index contributed by atoms with van der Waals surface area (Å²) in [6.07, 6.45) is -3.00. The van der Waals surface area contributed by atoms with Gasteiger partial charge in [0.15, 0.2) is 0 Å². The third kappa shape index (κ3) is 2.90. The van der Waals surface area contributed by atoms with E-state index in [0.29, 0.717) is 10.6 Å². The van der Waals surface area contributed by atoms with Crippen molar-refractivity contribution in [3.8, 4) is 21.7 Å². The molecular weight excluding hydrogens is 337 g/mol. The number of alkyl halides is 3. The molecule has 3 rings (SSSR count). The summed E-state index contributed by atoms with van der Waals surface area (Å²) in [4.78, 5) is 16.0. The lowest BCUT2D eigenvalue weighted by Crippen LogP contribution is -2.14. The Balaban J connectivity index is 2.38. The minimum absolute atomic E-state index is 0.0272. The fraction of sp³-hybridized carbons (Fsp3) is 0.0588. The predicted molar refractivity (Wildman–Crippen MR) is 86.5 cm³/mol. The van der Waals surface area contributed by atoms with Crippen LogP contribution in [0.4, 0.5) is 13.2 Å². The van der Waals surface area contributed by atoms with E-state index in [4.69, 9.17) is 5.73 Å². The van der Waals surface area contributed by atoms with Crippen molar-refractivity contribution < 1.29 is 18.0 Å². The molecule has 2 N–H and O–H groups in total. The number of aromatic nitrogens is 1. The fourth-order valence-corrected chi connectivity index (χ4v) is 3.20. The fourth-order valence-electron chi connectivity index (χ4n) is 2.53. The van der Waals surface area contributed by atoms with Gasteiger partial charge in [-0.05, 0) is 17.7 Å². The van der Waals surface area contributed by atoms with Crippen LogP contribution < -0.4 is 5.73 Å². The minimum atomic E-state index is -4.55. The van der Waals surface area contributed by atoms with E-state index in [1.165, 1.54) is 35.6 Å². The second-order valence-electron chi connectivity index (χ2n) is 4.97. The van der Waals surface area contributed by atoms with Crippen LogP contribution in [0.15, 0.2) is 54.0 Å². The highest BCUT2D eigenvalue weighted by Gasteiger charge is 2.34. The van der Waals surface area contributed by atoms with Crippen molar-refractivity contribution in [2.45, 2.75) is 6.18 Å². The minimum Gasteiger partial charge on any atom is -0.366 e. The Labute approximate surface area is 139 Å². The second-order valence-corrected chi connectivity index (χ2v) is 5.87. The zero-order chi connectivity index (χ0) is 17.3. The predicted octanol–water partition coefficient (Wildman–Crippen LogP) is 4.59. The Hall–Kier alpha value is -2.67. The topological polar surface area (TPSA) is 56.0 Å². The molecule has 0 fully saturated rings. The van der Waals surface area contributed by atoms with E-state index in [0.717, 1.165) is 6.07 Å². The summed E-state index contributed by atoms with van der Waals surface area (Å²) in [5, 5.41) is 2.23. The molecule has 0 aliphatic rings. The zero-order valence-corrected chi connectivity index (χ0v) is 13.0. The van der Waals surface area contributed by atoms with Crippen LogP contribution in [0, 0.1) is 0 Å². The maximum Gasteiger partial charge on any atom is 0.417 e. The van der Waals surface area contributed by atoms with E-state index in [9.17, 15) is 18.0 Å². The van der Waals surface area contributed by atoms with Crippen LogP contribution >= 0.6 is 11.3 Å². The molecule has 0 saturated carbocycles. The Kier molecular flexibility index (Phi) is 4.11. The molecule has 24 heavy (non-hydrogen) atoms. The molecule has 0 saturated heterocycles. The molecule has 3 nitrogen and oxygen atoms in total. The molecule has 0 aliphatic carbocycles. The summed E-state index contributed by atoms with van der Waals surface area (Å²) < 4.78 is 40.2. The third-order valence-corrected chi connectivity index (χ3v) is 4.30. The van der Waals surface area contributed by atoms with E-state index in [2.05, 4.69) is 4.98 Å². The number of rotatable bonds is 3. The van der Waals surface area contributed by atoms with Crippen molar-refractivity contribution in [1.29, 1.82) is 0 Å². The van der Waals surface area contributed by atoms with E-state index in [1.54, 1.807) is 23.7 Å². The van der Waals surface area contributed by atoms with Gasteiger partial charge in [-0.1, -0.05) is 30.3 Å². The molecule has 3 aromatic rings. The van der Waals surface area contributed by atoms with Gasteiger partial charge in [0, 0.05) is 28.3 Å². The van der Waals surface area contributed by atoms with Gasteiger partial charge in [-0.25, -0.2) is 4.98 Å². The second kappa shape index (κ2) is 6.09. The first-order valence-electron chi connectivity index (χ1n) is 6.89. The number of carbonyl (C=O) groups is 1. The van der Waals surface area contributed by atoms with Crippen LogP contribution in [0.2, 0.25) is 0 Å². The molecule has 1 aromatic heterocycles. The smallest absolute Gasteiger partial charge is 0.366 e. The lowest BCUT2D eigenvalue weighted by molar-refractivity contribution is -0.137. The summed E-state index contributed by atoms with van der Waals surface area (Å²) in [5.41, 5.74) is 5.10. The maximum absolute atomic E-state index is 13.4. The molecule has 1 heterocycles. The SMILES string of the molecule is NC(=O)c1cccc(-c2nccs2)c1-c1ccccc1C(F)(F)F. The lowest BCUT2D eigenvalue weighted by atomic mass is 9.90. The van der Waals surface area contributed by atoms with Crippen LogP contribution in [0.25, 0.3) is 21.7 Å². The molecule has 0 unspecified atom stereocenters. The largest absolute Gasteiger partial charge is 0.417 e. The number of thiazole rings is 1. The molecule has 0 bridgehead atoms. The van der Waals surface area contributed by atoms with Crippen LogP contribution in [0.3, 0.4) is 0 Å². The van der Waals surface area contributed by atoms with Gasteiger partial charge in [0.25, 0.3) is 0 Å². The number of benzene rings is 2. The van der Waals surface area contributed by atoms with Gasteiger partial charge in [-0.15, -0.1) is 11.3 Å². The number of primary amides is 1. The van der Waals surface area contributed by atoms with E-state index < -0.39 is 17.6 Å². The third-order valence-electron chi connectivity index (χ3n) is 3.49. The number of halogens is 3. The van der Waals surface area contributed by atoms with Gasteiger partial charge in [0.05, 0.1) is 5.56 Å². The molecule has 122 valence electrons. The van der Waals surface area contributed by atoms with E-state index in [1.807, 2.05) is 0 Å². The summed E-state index contributed by atoms with van der Waals surface area (Å²) >= 11 is 1.27. The van der Waals surface area contributed by atoms with Gasteiger partial charge in [0.1, 0.15) is 5.01 Å². The van der Waals surface area contributed by atoms with E-state index in [-0.39, 0.29) is 16.7 Å². The van der Waals surface area contributed by atoms with Gasteiger partial charge in [-0.3, -0.25) is 4.79 Å². The molecule has 0 atom stereocenters. The molecule has 7 heteroatoms. The highest BCUT2D eigenvalue weighted by molar-refractivity contribution is 7.13. The van der Waals surface area contributed by atoms with Crippen LogP contribution in [-0.2, 0) is 6.18 Å². The van der Waals surface area contributed by atoms with Gasteiger partial charge in [-0.2, -0.15) is 13.2 Å². The standard InChI is InChI=1S/C17H11F3N2OS/c18-17(19,20)13-7-2-1-4-10(13)14-11(15(21)23)5-3-6-12(14)16-22-8-9-24-16/h1-9H,(H2,21,23). The first kappa shape index (κ1) is 16.2. The molecular formula is C17H11F3N2OS. The Bertz CT molecular complexity index is 889. The molecule has 0 radical (unpaired) electrons. The maximum atomic E-state index is 13.4. The van der Waals surface area contributed by atoms with Gasteiger partial charge >= 0.3 is 6.18 Å². The monoisotopic (exact) mass is 348 g/mol. The highest BCUT2D eigenvalue weighted by Crippen LogP contribution is 2.42. The number of carbonyl (C=O) groups excluding carboxylic acids is 1. The van der Waals surface area contributed by atoms with Crippen molar-refractivity contribution in [1.82, 2.24) is 4.98 Å². The first-order valence-corrected chi connectivity index (χ1v) is 7.77. The summed E-state index contributed by atoms with van der Waals surface area (Å²) in [6, 6.07) is 9.75. The number of nitrogens with zero attached hydrogens (tertiary/aromatic N) is 1. The lowest BCUT2D eigenvalue weighted by Gasteiger charge is -2.17. The van der Waals surface area contributed by atoms with Gasteiger partial charge in [0.2, 0.25) is 5.91 Å². The van der Waals surface area contributed by atoms with Crippen molar-refractivity contribution in [2.24, 2.45) is 5.73 Å². The average Bonchev–Trinajstić information content (AvgIpc) is 3.07. The number of hydrogen-bond donors (Lipinski definition) is 1.